The molecule has 4 rings (SSSR count). The van der Waals surface area contributed by atoms with E-state index in [1.807, 2.05) is 78.9 Å². The van der Waals surface area contributed by atoms with Crippen molar-refractivity contribution in [3.63, 3.8) is 0 Å². The number of ether oxygens (including phenoxy) is 2. The minimum absolute atomic E-state index is 0.626. The number of rotatable bonds is 5. The Bertz CT molecular complexity index is 996. The minimum atomic E-state index is 0.626. The predicted molar refractivity (Wildman–Crippen MR) is 101 cm³/mol. The molecule has 0 saturated heterocycles. The van der Waals surface area contributed by atoms with Crippen LogP contribution in [0.5, 0.6) is 11.5 Å². The fraction of sp³-hybridized carbons (Fsp3) is 0.0952. The summed E-state index contributed by atoms with van der Waals surface area (Å²) in [5.74, 6) is 2.13. The van der Waals surface area contributed by atoms with Gasteiger partial charge in [-0.1, -0.05) is 30.3 Å². The maximum absolute atomic E-state index is 5.36. The van der Waals surface area contributed by atoms with E-state index in [-0.39, 0.29) is 0 Å². The molecule has 1 aromatic heterocycles. The van der Waals surface area contributed by atoms with Gasteiger partial charge in [-0.15, -0.1) is 0 Å². The Balaban J connectivity index is 1.91. The molecule has 0 fully saturated rings. The van der Waals surface area contributed by atoms with E-state index >= 15 is 0 Å². The summed E-state index contributed by atoms with van der Waals surface area (Å²) >= 11 is 0. The molecule has 0 spiro atoms. The lowest BCUT2D eigenvalue weighted by Crippen LogP contribution is -2.43. The molecule has 3 aromatic carbocycles. The van der Waals surface area contributed by atoms with Gasteiger partial charge in [0.1, 0.15) is 17.2 Å². The van der Waals surface area contributed by atoms with Crippen LogP contribution in [0.15, 0.2) is 78.9 Å². The third-order valence-corrected chi connectivity index (χ3v) is 4.16. The Kier molecular flexibility index (Phi) is 4.53. The van der Waals surface area contributed by atoms with Gasteiger partial charge in [-0.05, 0) is 46.3 Å². The number of nitrogens with zero attached hydrogens (tertiary/aromatic N) is 4. The summed E-state index contributed by atoms with van der Waals surface area (Å²) < 4.78 is 10.7. The van der Waals surface area contributed by atoms with Gasteiger partial charge in [0.25, 0.3) is 0 Å². The van der Waals surface area contributed by atoms with Gasteiger partial charge in [0.15, 0.2) is 5.69 Å². The lowest BCUT2D eigenvalue weighted by atomic mass is 10.2. The first-order valence-electron chi connectivity index (χ1n) is 8.52. The van der Waals surface area contributed by atoms with Crippen molar-refractivity contribution in [2.45, 2.75) is 0 Å². The van der Waals surface area contributed by atoms with Crippen LogP contribution in [0.2, 0.25) is 0 Å². The van der Waals surface area contributed by atoms with Crippen molar-refractivity contribution in [1.29, 1.82) is 0 Å². The SMILES string of the molecule is COc1cccc(-n2nc(-c3ccccc3)n[n+]2-c2cccc(OC)c2)c1. The summed E-state index contributed by atoms with van der Waals surface area (Å²) in [6, 6.07) is 25.3. The van der Waals surface area contributed by atoms with E-state index in [0.29, 0.717) is 5.82 Å². The van der Waals surface area contributed by atoms with E-state index in [9.17, 15) is 0 Å². The Labute approximate surface area is 157 Å². The zero-order chi connectivity index (χ0) is 18.6. The first-order valence-corrected chi connectivity index (χ1v) is 8.52. The Morgan fingerprint density at radius 1 is 0.778 bits per heavy atom. The fourth-order valence-electron chi connectivity index (χ4n) is 2.79. The van der Waals surface area contributed by atoms with Crippen LogP contribution in [0.25, 0.3) is 22.8 Å². The maximum Gasteiger partial charge on any atom is 0.340 e. The Morgan fingerprint density at radius 2 is 1.48 bits per heavy atom. The molecule has 0 N–H and O–H groups in total. The van der Waals surface area contributed by atoms with Crippen molar-refractivity contribution in [2.75, 3.05) is 14.2 Å². The number of hydrogen-bond donors (Lipinski definition) is 0. The zero-order valence-electron chi connectivity index (χ0n) is 15.1. The van der Waals surface area contributed by atoms with Crippen molar-refractivity contribution in [3.05, 3.63) is 78.9 Å². The second kappa shape index (κ2) is 7.29. The van der Waals surface area contributed by atoms with Crippen LogP contribution in [-0.2, 0) is 0 Å². The van der Waals surface area contributed by atoms with Gasteiger partial charge >= 0.3 is 5.82 Å². The zero-order valence-corrected chi connectivity index (χ0v) is 15.1. The van der Waals surface area contributed by atoms with Crippen molar-refractivity contribution in [1.82, 2.24) is 15.0 Å². The Hall–Kier alpha value is -3.67. The first-order chi connectivity index (χ1) is 13.3. The molecule has 0 saturated carbocycles. The molecule has 0 radical (unpaired) electrons. The standard InChI is InChI=1S/C21H19N4O2/c1-26-19-12-6-10-17(14-19)24-22-21(16-8-4-3-5-9-16)23-25(24)18-11-7-13-20(15-18)27-2/h3-15H,1-2H3/q+1. The molecule has 0 aliphatic carbocycles. The molecule has 0 aliphatic heterocycles. The van der Waals surface area contributed by atoms with E-state index in [4.69, 9.17) is 19.7 Å². The van der Waals surface area contributed by atoms with E-state index < -0.39 is 0 Å². The van der Waals surface area contributed by atoms with Crippen LogP contribution in [0.4, 0.5) is 0 Å². The maximum atomic E-state index is 5.36. The minimum Gasteiger partial charge on any atom is -0.497 e. The number of hydrogen-bond acceptors (Lipinski definition) is 4. The molecular formula is C21H19N4O2+. The quantitative estimate of drug-likeness (QED) is 0.514. The van der Waals surface area contributed by atoms with Crippen LogP contribution < -0.4 is 14.3 Å². The van der Waals surface area contributed by atoms with E-state index in [1.165, 1.54) is 0 Å². The van der Waals surface area contributed by atoms with Crippen LogP contribution in [0, 0.1) is 0 Å². The summed E-state index contributed by atoms with van der Waals surface area (Å²) in [6.07, 6.45) is 0. The summed E-state index contributed by atoms with van der Waals surface area (Å²) in [4.78, 5) is 3.50. The van der Waals surface area contributed by atoms with E-state index in [0.717, 1.165) is 28.4 Å². The van der Waals surface area contributed by atoms with Gasteiger partial charge in [-0.2, -0.15) is 0 Å². The molecule has 0 unspecified atom stereocenters. The summed E-state index contributed by atoms with van der Waals surface area (Å²) in [5.41, 5.74) is 2.62. The van der Waals surface area contributed by atoms with Crippen molar-refractivity contribution < 1.29 is 14.3 Å². The largest absolute Gasteiger partial charge is 0.497 e. The van der Waals surface area contributed by atoms with Crippen molar-refractivity contribution in [3.8, 4) is 34.3 Å². The van der Waals surface area contributed by atoms with Crippen molar-refractivity contribution >= 4 is 0 Å². The highest BCUT2D eigenvalue weighted by atomic mass is 16.5. The van der Waals surface area contributed by atoms with Crippen LogP contribution in [-0.4, -0.2) is 29.2 Å². The number of tetrazole rings is 1. The third kappa shape index (κ3) is 3.37. The molecule has 0 bridgehead atoms. The second-order valence-electron chi connectivity index (χ2n) is 5.87. The molecule has 6 heteroatoms. The second-order valence-corrected chi connectivity index (χ2v) is 5.87. The molecule has 0 aliphatic rings. The van der Waals surface area contributed by atoms with Gasteiger partial charge < -0.3 is 9.47 Å². The number of benzene rings is 3. The highest BCUT2D eigenvalue weighted by Gasteiger charge is 2.23. The normalized spacial score (nSPS) is 10.6. The lowest BCUT2D eigenvalue weighted by Gasteiger charge is -2.03. The molecule has 4 aromatic rings. The molecule has 1 heterocycles. The summed E-state index contributed by atoms with van der Waals surface area (Å²) in [5, 5.41) is 9.46. The summed E-state index contributed by atoms with van der Waals surface area (Å²) in [6.45, 7) is 0. The van der Waals surface area contributed by atoms with Gasteiger partial charge in [-0.25, -0.2) is 0 Å². The van der Waals surface area contributed by atoms with Crippen LogP contribution in [0.1, 0.15) is 0 Å². The van der Waals surface area contributed by atoms with Gasteiger partial charge in [0.05, 0.1) is 24.9 Å². The lowest BCUT2D eigenvalue weighted by molar-refractivity contribution is -0.734. The predicted octanol–water partition coefficient (Wildman–Crippen LogP) is 3.23. The topological polar surface area (TPSA) is 53.0 Å². The van der Waals surface area contributed by atoms with Crippen LogP contribution in [0.3, 0.4) is 0 Å². The molecular weight excluding hydrogens is 340 g/mol. The smallest absolute Gasteiger partial charge is 0.340 e. The third-order valence-electron chi connectivity index (χ3n) is 4.16. The Morgan fingerprint density at radius 3 is 2.22 bits per heavy atom. The average Bonchev–Trinajstić information content (AvgIpc) is 3.20. The summed E-state index contributed by atoms with van der Waals surface area (Å²) in [7, 11) is 3.29. The monoisotopic (exact) mass is 359 g/mol. The van der Waals surface area contributed by atoms with Gasteiger partial charge in [-0.3, -0.25) is 0 Å². The molecule has 0 atom stereocenters. The molecule has 0 amide bonds. The molecule has 6 nitrogen and oxygen atoms in total. The number of aromatic nitrogens is 4. The van der Waals surface area contributed by atoms with Crippen molar-refractivity contribution in [2.24, 2.45) is 0 Å². The molecule has 134 valence electrons. The molecule has 27 heavy (non-hydrogen) atoms. The first kappa shape index (κ1) is 16.8. The van der Waals surface area contributed by atoms with E-state index in [1.54, 1.807) is 23.8 Å². The van der Waals surface area contributed by atoms with Crippen LogP contribution >= 0.6 is 0 Å². The van der Waals surface area contributed by atoms with Gasteiger partial charge in [0, 0.05) is 16.9 Å². The average molecular weight is 359 g/mol. The number of methoxy groups -OCH3 is 2. The van der Waals surface area contributed by atoms with Gasteiger partial charge in [0.2, 0.25) is 0 Å². The fourth-order valence-corrected chi connectivity index (χ4v) is 2.79. The highest BCUT2D eigenvalue weighted by Crippen LogP contribution is 2.19. The highest BCUT2D eigenvalue weighted by molar-refractivity contribution is 5.53. The van der Waals surface area contributed by atoms with E-state index in [2.05, 4.69) is 0 Å².